The Morgan fingerprint density at radius 1 is 0.739 bits per heavy atom. The third-order valence-corrected chi connectivity index (χ3v) is 8.56. The van der Waals surface area contributed by atoms with Crippen LogP contribution in [0.1, 0.15) is 103 Å². The molecular formula is C38H50N6O2. The van der Waals surface area contributed by atoms with E-state index in [0.717, 1.165) is 77.2 Å². The smallest absolute Gasteiger partial charge is 0.223 e. The van der Waals surface area contributed by atoms with Gasteiger partial charge in [0.15, 0.2) is 0 Å². The highest BCUT2D eigenvalue weighted by Crippen LogP contribution is 2.25. The quantitative estimate of drug-likeness (QED) is 0.133. The molecule has 0 radical (unpaired) electrons. The van der Waals surface area contributed by atoms with E-state index in [1.807, 2.05) is 22.1 Å². The van der Waals surface area contributed by atoms with Gasteiger partial charge in [-0.2, -0.15) is 0 Å². The molecule has 4 aromatic rings. The molecule has 0 fully saturated rings. The van der Waals surface area contributed by atoms with Crippen molar-refractivity contribution in [2.75, 3.05) is 13.1 Å². The van der Waals surface area contributed by atoms with Gasteiger partial charge in [0.1, 0.15) is 17.3 Å². The highest BCUT2D eigenvalue weighted by molar-refractivity contribution is 5.88. The number of aromatic amines is 2. The largest absolute Gasteiger partial charge is 0.341 e. The van der Waals surface area contributed by atoms with Crippen molar-refractivity contribution in [3.63, 3.8) is 0 Å². The van der Waals surface area contributed by atoms with Gasteiger partial charge in [0.05, 0.1) is 31.2 Å². The van der Waals surface area contributed by atoms with Crippen LogP contribution in [0.4, 0.5) is 0 Å². The molecule has 0 aliphatic rings. The lowest BCUT2D eigenvalue weighted by atomic mass is 10.0. The second-order valence-electron chi connectivity index (χ2n) is 12.6. The Labute approximate surface area is 274 Å². The van der Waals surface area contributed by atoms with E-state index in [1.54, 1.807) is 6.20 Å². The van der Waals surface area contributed by atoms with E-state index in [-0.39, 0.29) is 11.8 Å². The normalized spacial score (nSPS) is 12.4. The van der Waals surface area contributed by atoms with Crippen LogP contribution in [0.5, 0.6) is 0 Å². The van der Waals surface area contributed by atoms with Crippen molar-refractivity contribution >= 4 is 22.6 Å². The highest BCUT2D eigenvalue weighted by atomic mass is 16.2. The van der Waals surface area contributed by atoms with Crippen molar-refractivity contribution < 1.29 is 9.59 Å². The summed E-state index contributed by atoms with van der Waals surface area (Å²) in [6.45, 7) is 15.1. The Kier molecular flexibility index (Phi) is 12.6. The number of amides is 2. The molecule has 2 amide bonds. The van der Waals surface area contributed by atoms with Gasteiger partial charge >= 0.3 is 0 Å². The van der Waals surface area contributed by atoms with E-state index >= 15 is 0 Å². The third-order valence-electron chi connectivity index (χ3n) is 8.56. The average molecular weight is 623 g/mol. The van der Waals surface area contributed by atoms with Crippen molar-refractivity contribution in [1.82, 2.24) is 29.7 Å². The first-order chi connectivity index (χ1) is 22.2. The second kappa shape index (κ2) is 16.8. The first kappa shape index (κ1) is 34.5. The minimum Gasteiger partial charge on any atom is -0.341 e. The molecule has 4 rings (SSSR count). The number of rotatable bonds is 15. The molecule has 8 nitrogen and oxygen atoms in total. The summed E-state index contributed by atoms with van der Waals surface area (Å²) in [6.07, 6.45) is 8.54. The van der Waals surface area contributed by atoms with E-state index in [4.69, 9.17) is 0 Å². The molecule has 2 aromatic heterocycles. The Bertz CT molecular complexity index is 1660. The van der Waals surface area contributed by atoms with Gasteiger partial charge in [0.2, 0.25) is 11.8 Å². The summed E-state index contributed by atoms with van der Waals surface area (Å²) in [5.41, 5.74) is 3.61. The Morgan fingerprint density at radius 3 is 1.91 bits per heavy atom. The van der Waals surface area contributed by atoms with Crippen LogP contribution in [0.15, 0.2) is 48.8 Å². The number of H-pyrrole nitrogens is 2. The number of hydrogen-bond acceptors (Lipinski definition) is 4. The van der Waals surface area contributed by atoms with Gasteiger partial charge in [-0.25, -0.2) is 9.97 Å². The number of fused-ring (bicyclic) bond motifs is 1. The average Bonchev–Trinajstić information content (AvgIpc) is 3.72. The molecule has 2 atom stereocenters. The fraction of sp³-hybridized carbons (Fsp3) is 0.474. The van der Waals surface area contributed by atoms with Crippen LogP contribution in [0.3, 0.4) is 0 Å². The molecule has 0 saturated carbocycles. The minimum atomic E-state index is 0.176. The minimum absolute atomic E-state index is 0.176. The van der Waals surface area contributed by atoms with Crippen LogP contribution in [-0.2, 0) is 22.7 Å². The number of nitrogens with zero attached hydrogens (tertiary/aromatic N) is 4. The molecular weight excluding hydrogens is 572 g/mol. The molecule has 0 spiro atoms. The molecule has 0 aliphatic carbocycles. The maximum atomic E-state index is 12.9. The molecule has 46 heavy (non-hydrogen) atoms. The second-order valence-corrected chi connectivity index (χ2v) is 12.6. The summed E-state index contributed by atoms with van der Waals surface area (Å²) in [7, 11) is 0. The summed E-state index contributed by atoms with van der Waals surface area (Å²) < 4.78 is 0. The zero-order valence-electron chi connectivity index (χ0n) is 28.4. The molecule has 2 aromatic carbocycles. The summed E-state index contributed by atoms with van der Waals surface area (Å²) in [4.78, 5) is 45.3. The lowest BCUT2D eigenvalue weighted by molar-refractivity contribution is -0.133. The molecule has 2 N–H and O–H groups in total. The van der Waals surface area contributed by atoms with Gasteiger partial charge in [0, 0.05) is 37.1 Å². The van der Waals surface area contributed by atoms with Crippen molar-refractivity contribution in [3.05, 3.63) is 71.7 Å². The van der Waals surface area contributed by atoms with Gasteiger partial charge in [-0.1, -0.05) is 78.5 Å². The maximum absolute atomic E-state index is 12.9. The number of benzene rings is 2. The standard InChI is InChI=1S/C38H50N6O2/c1-7-17-43(37(45)19-27(5)9-3)25-35-39-23-33(41-35)16-12-29-11-13-31-22-32(15-14-30(31)21-29)34-24-40-36(42-34)26-44(18-8-2)38(46)20-28(6)10-4/h11,13-15,21-24,27-28H,7-10,17-20,25-26H2,1-6H3,(H,39,41)(H,40,42). The first-order valence-electron chi connectivity index (χ1n) is 16.9. The zero-order chi connectivity index (χ0) is 33.1. The van der Waals surface area contributed by atoms with Crippen molar-refractivity contribution in [2.24, 2.45) is 11.8 Å². The lowest BCUT2D eigenvalue weighted by Gasteiger charge is -2.22. The van der Waals surface area contributed by atoms with Crippen LogP contribution in [0.2, 0.25) is 0 Å². The predicted octanol–water partition coefficient (Wildman–Crippen LogP) is 7.70. The van der Waals surface area contributed by atoms with E-state index in [2.05, 4.69) is 104 Å². The number of carbonyl (C=O) groups is 2. The van der Waals surface area contributed by atoms with Crippen LogP contribution >= 0.6 is 0 Å². The zero-order valence-corrected chi connectivity index (χ0v) is 28.4. The monoisotopic (exact) mass is 622 g/mol. The van der Waals surface area contributed by atoms with Crippen molar-refractivity contribution in [1.29, 1.82) is 0 Å². The van der Waals surface area contributed by atoms with Crippen LogP contribution in [-0.4, -0.2) is 54.6 Å². The van der Waals surface area contributed by atoms with E-state index in [9.17, 15) is 9.59 Å². The Morgan fingerprint density at radius 2 is 1.30 bits per heavy atom. The molecule has 2 heterocycles. The van der Waals surface area contributed by atoms with Crippen LogP contribution in [0.25, 0.3) is 22.0 Å². The first-order valence-corrected chi connectivity index (χ1v) is 16.9. The van der Waals surface area contributed by atoms with Crippen molar-refractivity contribution in [3.8, 4) is 23.1 Å². The van der Waals surface area contributed by atoms with E-state index < -0.39 is 0 Å². The van der Waals surface area contributed by atoms with Gasteiger partial charge < -0.3 is 19.8 Å². The molecule has 0 aliphatic heterocycles. The molecule has 8 heteroatoms. The molecule has 0 bridgehead atoms. The van der Waals surface area contributed by atoms with Gasteiger partial charge in [-0.15, -0.1) is 0 Å². The third kappa shape index (κ3) is 9.56. The molecule has 244 valence electrons. The Hall–Kier alpha value is -4.38. The summed E-state index contributed by atoms with van der Waals surface area (Å²) in [5.74, 6) is 9.11. The van der Waals surface area contributed by atoms with Crippen LogP contribution < -0.4 is 0 Å². The van der Waals surface area contributed by atoms with E-state index in [0.29, 0.717) is 44.3 Å². The highest BCUT2D eigenvalue weighted by Gasteiger charge is 2.18. The predicted molar refractivity (Wildman–Crippen MR) is 186 cm³/mol. The summed E-state index contributed by atoms with van der Waals surface area (Å²) >= 11 is 0. The number of hydrogen-bond donors (Lipinski definition) is 2. The maximum Gasteiger partial charge on any atom is 0.223 e. The van der Waals surface area contributed by atoms with Gasteiger partial charge in [-0.3, -0.25) is 9.59 Å². The molecule has 2 unspecified atom stereocenters. The summed E-state index contributed by atoms with van der Waals surface area (Å²) in [6, 6.07) is 12.5. The number of imidazole rings is 2. The number of nitrogens with one attached hydrogen (secondary N) is 2. The molecule has 0 saturated heterocycles. The number of aromatic nitrogens is 4. The van der Waals surface area contributed by atoms with Crippen LogP contribution in [0, 0.1) is 23.7 Å². The summed E-state index contributed by atoms with van der Waals surface area (Å²) in [5, 5.41) is 2.21. The fourth-order valence-corrected chi connectivity index (χ4v) is 5.35. The topological polar surface area (TPSA) is 98.0 Å². The SMILES string of the molecule is CCCN(Cc1ncc(C#Cc2ccc3cc(-c4cnc(CN(CCC)C(=O)CC(C)CC)[nH]4)ccc3c2)[nH]1)C(=O)CC(C)CC. The van der Waals surface area contributed by atoms with Crippen molar-refractivity contribution in [2.45, 2.75) is 93.2 Å². The Balaban J connectivity index is 1.42. The lowest BCUT2D eigenvalue weighted by Crippen LogP contribution is -2.32. The van der Waals surface area contributed by atoms with Gasteiger partial charge in [0.25, 0.3) is 0 Å². The van der Waals surface area contributed by atoms with Gasteiger partial charge in [-0.05, 0) is 59.6 Å². The fourth-order valence-electron chi connectivity index (χ4n) is 5.35. The van der Waals surface area contributed by atoms with E-state index in [1.165, 1.54) is 0 Å². The number of carbonyl (C=O) groups excluding carboxylic acids is 2.